The Morgan fingerprint density at radius 1 is 1.33 bits per heavy atom. The van der Waals surface area contributed by atoms with Crippen LogP contribution in [0.25, 0.3) is 11.4 Å². The first-order chi connectivity index (χ1) is 8.70. The van der Waals surface area contributed by atoms with Gasteiger partial charge in [0.2, 0.25) is 0 Å². The average Bonchev–Trinajstić information content (AvgIpc) is 2.96. The number of aryl methyl sites for hydroxylation is 1. The molecule has 0 bridgehead atoms. The number of anilines is 1. The monoisotopic (exact) mass is 261 g/mol. The molecule has 2 aromatic heterocycles. The van der Waals surface area contributed by atoms with E-state index in [9.17, 15) is 0 Å². The second-order valence-electron chi connectivity index (χ2n) is 4.33. The fourth-order valence-corrected chi connectivity index (χ4v) is 3.14. The fourth-order valence-electron chi connectivity index (χ4n) is 2.10. The molecule has 0 unspecified atom stereocenters. The Bertz CT molecular complexity index is 605. The minimum absolute atomic E-state index is 0.770. The normalized spacial score (nSPS) is 13.7. The van der Waals surface area contributed by atoms with E-state index < -0.39 is 0 Å². The van der Waals surface area contributed by atoms with E-state index in [1.54, 1.807) is 0 Å². The molecule has 0 aromatic carbocycles. The largest absolute Gasteiger partial charge is 0.373 e. The van der Waals surface area contributed by atoms with Crippen LogP contribution in [0.2, 0.25) is 0 Å². The highest BCUT2D eigenvalue weighted by molar-refractivity contribution is 7.98. The van der Waals surface area contributed by atoms with Crippen molar-refractivity contribution in [3.05, 3.63) is 23.1 Å². The van der Waals surface area contributed by atoms with Crippen molar-refractivity contribution in [3.63, 3.8) is 0 Å². The van der Waals surface area contributed by atoms with Crippen molar-refractivity contribution in [1.82, 2.24) is 19.7 Å². The van der Waals surface area contributed by atoms with Crippen LogP contribution in [0.15, 0.2) is 6.20 Å². The third kappa shape index (κ3) is 1.68. The zero-order valence-electron chi connectivity index (χ0n) is 10.7. The first-order valence-electron chi connectivity index (χ1n) is 5.85. The van der Waals surface area contributed by atoms with Crippen LogP contribution in [0, 0.1) is 6.92 Å². The first kappa shape index (κ1) is 11.5. The molecule has 0 fully saturated rings. The van der Waals surface area contributed by atoms with Crippen LogP contribution in [-0.2, 0) is 18.6 Å². The number of hydrogen-bond donors (Lipinski definition) is 1. The molecule has 0 saturated heterocycles. The SMILES string of the molecule is CNc1nc(-c2cnn(C)c2C)nc2c1CSC2. The van der Waals surface area contributed by atoms with Gasteiger partial charge in [-0.25, -0.2) is 9.97 Å². The molecule has 0 saturated carbocycles. The van der Waals surface area contributed by atoms with Crippen LogP contribution in [0.5, 0.6) is 0 Å². The molecule has 1 N–H and O–H groups in total. The quantitative estimate of drug-likeness (QED) is 0.895. The summed E-state index contributed by atoms with van der Waals surface area (Å²) in [4.78, 5) is 9.30. The van der Waals surface area contributed by atoms with Crippen molar-refractivity contribution in [2.45, 2.75) is 18.4 Å². The van der Waals surface area contributed by atoms with Crippen molar-refractivity contribution in [1.29, 1.82) is 0 Å². The zero-order chi connectivity index (χ0) is 12.7. The van der Waals surface area contributed by atoms with Crippen molar-refractivity contribution in [3.8, 4) is 11.4 Å². The molecule has 5 nitrogen and oxygen atoms in total. The van der Waals surface area contributed by atoms with E-state index in [2.05, 4.69) is 20.4 Å². The molecule has 2 aromatic rings. The highest BCUT2D eigenvalue weighted by atomic mass is 32.2. The summed E-state index contributed by atoms with van der Waals surface area (Å²) in [6, 6.07) is 0. The molecule has 0 atom stereocenters. The molecule has 1 aliphatic rings. The predicted molar refractivity (Wildman–Crippen MR) is 73.5 cm³/mol. The Hall–Kier alpha value is -1.56. The molecular formula is C12H15N5S. The Labute approximate surface area is 110 Å². The van der Waals surface area contributed by atoms with Crippen molar-refractivity contribution < 1.29 is 0 Å². The van der Waals surface area contributed by atoms with Crippen molar-refractivity contribution in [2.75, 3.05) is 12.4 Å². The maximum atomic E-state index is 4.68. The third-order valence-electron chi connectivity index (χ3n) is 3.29. The summed E-state index contributed by atoms with van der Waals surface area (Å²) in [7, 11) is 3.84. The Morgan fingerprint density at radius 3 is 2.83 bits per heavy atom. The third-order valence-corrected chi connectivity index (χ3v) is 4.26. The van der Waals surface area contributed by atoms with Crippen LogP contribution in [0.4, 0.5) is 5.82 Å². The summed E-state index contributed by atoms with van der Waals surface area (Å²) >= 11 is 1.88. The van der Waals surface area contributed by atoms with Crippen molar-refractivity contribution >= 4 is 17.6 Å². The number of nitrogens with one attached hydrogen (secondary N) is 1. The van der Waals surface area contributed by atoms with Crippen LogP contribution in [0.1, 0.15) is 17.0 Å². The predicted octanol–water partition coefficient (Wildman–Crippen LogP) is 1.97. The summed E-state index contributed by atoms with van der Waals surface area (Å²) in [5.74, 6) is 3.69. The number of rotatable bonds is 2. The van der Waals surface area contributed by atoms with Gasteiger partial charge in [-0.05, 0) is 6.92 Å². The molecule has 6 heteroatoms. The van der Waals surface area contributed by atoms with E-state index in [4.69, 9.17) is 0 Å². The molecule has 0 spiro atoms. The molecule has 3 rings (SSSR count). The summed E-state index contributed by atoms with van der Waals surface area (Å²) in [6.45, 7) is 2.03. The number of thioether (sulfide) groups is 1. The summed E-state index contributed by atoms with van der Waals surface area (Å²) in [5, 5.41) is 7.42. The first-order valence-corrected chi connectivity index (χ1v) is 7.00. The van der Waals surface area contributed by atoms with Gasteiger partial charge in [-0.15, -0.1) is 0 Å². The van der Waals surface area contributed by atoms with Gasteiger partial charge in [-0.3, -0.25) is 4.68 Å². The molecule has 1 aliphatic heterocycles. The van der Waals surface area contributed by atoms with Gasteiger partial charge in [-0.1, -0.05) is 0 Å². The van der Waals surface area contributed by atoms with Gasteiger partial charge in [0, 0.05) is 36.9 Å². The van der Waals surface area contributed by atoms with E-state index in [0.29, 0.717) is 0 Å². The van der Waals surface area contributed by atoms with Gasteiger partial charge in [0.1, 0.15) is 5.82 Å². The molecule has 94 valence electrons. The van der Waals surface area contributed by atoms with Gasteiger partial charge in [0.25, 0.3) is 0 Å². The molecule has 3 heterocycles. The number of hydrogen-bond acceptors (Lipinski definition) is 5. The number of fused-ring (bicyclic) bond motifs is 1. The highest BCUT2D eigenvalue weighted by Gasteiger charge is 2.20. The van der Waals surface area contributed by atoms with Crippen molar-refractivity contribution in [2.24, 2.45) is 7.05 Å². The lowest BCUT2D eigenvalue weighted by molar-refractivity contribution is 0.740. The Balaban J connectivity index is 2.16. The summed E-state index contributed by atoms with van der Waals surface area (Å²) in [6.07, 6.45) is 1.83. The summed E-state index contributed by atoms with van der Waals surface area (Å²) in [5.41, 5.74) is 4.49. The van der Waals surface area contributed by atoms with Crippen LogP contribution in [0.3, 0.4) is 0 Å². The van der Waals surface area contributed by atoms with Crippen LogP contribution >= 0.6 is 11.8 Å². The van der Waals surface area contributed by atoms with E-state index in [0.717, 1.165) is 40.1 Å². The number of nitrogens with zero attached hydrogens (tertiary/aromatic N) is 4. The van der Waals surface area contributed by atoms with Gasteiger partial charge in [-0.2, -0.15) is 16.9 Å². The maximum absolute atomic E-state index is 4.68. The Kier molecular flexibility index (Phi) is 2.74. The summed E-state index contributed by atoms with van der Waals surface area (Å²) < 4.78 is 1.85. The molecule has 18 heavy (non-hydrogen) atoms. The van der Waals surface area contributed by atoms with Crippen LogP contribution < -0.4 is 5.32 Å². The molecule has 0 amide bonds. The minimum atomic E-state index is 0.770. The topological polar surface area (TPSA) is 55.6 Å². The lowest BCUT2D eigenvalue weighted by atomic mass is 10.2. The van der Waals surface area contributed by atoms with Crippen LogP contribution in [-0.4, -0.2) is 26.8 Å². The van der Waals surface area contributed by atoms with E-state index in [1.807, 2.05) is 43.7 Å². The highest BCUT2D eigenvalue weighted by Crippen LogP contribution is 2.34. The zero-order valence-corrected chi connectivity index (χ0v) is 11.5. The lowest BCUT2D eigenvalue weighted by Crippen LogP contribution is -2.04. The second kappa shape index (κ2) is 4.28. The standard InChI is InChI=1S/C12H15N5S/c1-7-8(4-14-17(7)3)12-15-10-6-18-5-9(10)11(13-2)16-12/h4H,5-6H2,1-3H3,(H,13,15,16). The van der Waals surface area contributed by atoms with Gasteiger partial charge < -0.3 is 5.32 Å². The lowest BCUT2D eigenvalue weighted by Gasteiger charge is -2.08. The van der Waals surface area contributed by atoms with Gasteiger partial charge >= 0.3 is 0 Å². The Morgan fingerprint density at radius 2 is 2.17 bits per heavy atom. The molecular weight excluding hydrogens is 246 g/mol. The van der Waals surface area contributed by atoms with E-state index in [-0.39, 0.29) is 0 Å². The smallest absolute Gasteiger partial charge is 0.165 e. The average molecular weight is 261 g/mol. The number of aromatic nitrogens is 4. The van der Waals surface area contributed by atoms with Gasteiger partial charge in [0.15, 0.2) is 5.82 Å². The second-order valence-corrected chi connectivity index (χ2v) is 5.32. The molecule has 0 radical (unpaired) electrons. The molecule has 0 aliphatic carbocycles. The van der Waals surface area contributed by atoms with Gasteiger partial charge in [0.05, 0.1) is 17.5 Å². The fraction of sp³-hybridized carbons (Fsp3) is 0.417. The van der Waals surface area contributed by atoms with E-state index in [1.165, 1.54) is 5.56 Å². The van der Waals surface area contributed by atoms with E-state index >= 15 is 0 Å². The minimum Gasteiger partial charge on any atom is -0.373 e. The maximum Gasteiger partial charge on any atom is 0.165 e.